The molecule has 0 aliphatic rings. The fourth-order valence-electron chi connectivity index (χ4n) is 1.12. The van der Waals surface area contributed by atoms with Crippen LogP contribution in [0, 0.1) is 0 Å². The summed E-state index contributed by atoms with van der Waals surface area (Å²) in [6, 6.07) is 1.22. The molecule has 3 N–H and O–H groups in total. The lowest BCUT2D eigenvalue weighted by Crippen LogP contribution is -2.31. The van der Waals surface area contributed by atoms with Gasteiger partial charge in [0.05, 0.1) is 11.3 Å². The van der Waals surface area contributed by atoms with Crippen molar-refractivity contribution in [3.63, 3.8) is 0 Å². The van der Waals surface area contributed by atoms with Gasteiger partial charge in [-0.3, -0.25) is 4.98 Å². The Hall–Kier alpha value is -1.40. The predicted molar refractivity (Wildman–Crippen MR) is 50.4 cm³/mol. The van der Waals surface area contributed by atoms with E-state index >= 15 is 0 Å². The highest BCUT2D eigenvalue weighted by molar-refractivity contribution is 6.58. The molecule has 1 aromatic rings. The highest BCUT2D eigenvalue weighted by Crippen LogP contribution is 2.04. The Morgan fingerprint density at radius 2 is 2.21 bits per heavy atom. The van der Waals surface area contributed by atoms with Crippen LogP contribution in [0.5, 0.6) is 0 Å². The van der Waals surface area contributed by atoms with E-state index in [1.54, 1.807) is 6.92 Å². The van der Waals surface area contributed by atoms with Gasteiger partial charge in [0.2, 0.25) is 0 Å². The molecule has 0 aliphatic carbocycles. The lowest BCUT2D eigenvalue weighted by atomic mass is 9.80. The summed E-state index contributed by atoms with van der Waals surface area (Å²) < 4.78 is 0. The molecule has 0 saturated heterocycles. The first-order chi connectivity index (χ1) is 6.56. The van der Waals surface area contributed by atoms with Gasteiger partial charge in [0.25, 0.3) is 0 Å². The van der Waals surface area contributed by atoms with Crippen molar-refractivity contribution in [1.29, 1.82) is 0 Å². The minimum absolute atomic E-state index is 0.0121. The van der Waals surface area contributed by atoms with Crippen molar-refractivity contribution in [2.75, 3.05) is 0 Å². The molecule has 6 heteroatoms. The summed E-state index contributed by atoms with van der Waals surface area (Å²) in [4.78, 5) is 14.6. The molecule has 0 unspecified atom stereocenters. The molecule has 5 nitrogen and oxygen atoms in total. The number of hydrogen-bond donors (Lipinski definition) is 3. The van der Waals surface area contributed by atoms with Crippen molar-refractivity contribution in [3.05, 3.63) is 23.5 Å². The number of aromatic carboxylic acids is 1. The van der Waals surface area contributed by atoms with Crippen molar-refractivity contribution in [1.82, 2.24) is 4.98 Å². The second kappa shape index (κ2) is 4.21. The Morgan fingerprint density at radius 1 is 1.57 bits per heavy atom. The fourth-order valence-corrected chi connectivity index (χ4v) is 1.12. The second-order valence-corrected chi connectivity index (χ2v) is 2.80. The molecular formula is C8H10BNO4. The molecule has 74 valence electrons. The van der Waals surface area contributed by atoms with Crippen molar-refractivity contribution in [2.24, 2.45) is 0 Å². The maximum absolute atomic E-state index is 10.8. The van der Waals surface area contributed by atoms with Crippen LogP contribution in [-0.2, 0) is 6.42 Å². The number of nitrogens with zero attached hydrogens (tertiary/aromatic N) is 1. The third-order valence-corrected chi connectivity index (χ3v) is 1.85. The maximum Gasteiger partial charge on any atom is 0.490 e. The summed E-state index contributed by atoms with van der Waals surface area (Å²) in [5.41, 5.74) is 0.527. The van der Waals surface area contributed by atoms with Crippen molar-refractivity contribution in [2.45, 2.75) is 13.3 Å². The van der Waals surface area contributed by atoms with Crippen LogP contribution in [-0.4, -0.2) is 33.2 Å². The lowest BCUT2D eigenvalue weighted by molar-refractivity contribution is 0.0695. The van der Waals surface area contributed by atoms with E-state index in [0.29, 0.717) is 12.1 Å². The van der Waals surface area contributed by atoms with E-state index < -0.39 is 13.1 Å². The molecule has 0 radical (unpaired) electrons. The predicted octanol–water partition coefficient (Wildman–Crippen LogP) is -0.978. The molecular weight excluding hydrogens is 185 g/mol. The summed E-state index contributed by atoms with van der Waals surface area (Å²) >= 11 is 0. The van der Waals surface area contributed by atoms with E-state index in [-0.39, 0.29) is 11.0 Å². The van der Waals surface area contributed by atoms with Gasteiger partial charge in [-0.05, 0) is 12.5 Å². The van der Waals surface area contributed by atoms with E-state index in [1.165, 1.54) is 12.3 Å². The number of rotatable bonds is 3. The van der Waals surface area contributed by atoms with Crippen molar-refractivity contribution >= 4 is 18.6 Å². The maximum atomic E-state index is 10.8. The van der Waals surface area contributed by atoms with E-state index in [2.05, 4.69) is 4.98 Å². The summed E-state index contributed by atoms with van der Waals surface area (Å²) in [5.74, 6) is -1.11. The van der Waals surface area contributed by atoms with Gasteiger partial charge < -0.3 is 15.2 Å². The molecule has 0 bridgehead atoms. The normalized spacial score (nSPS) is 9.93. The van der Waals surface area contributed by atoms with Gasteiger partial charge in [0, 0.05) is 11.7 Å². The highest BCUT2D eigenvalue weighted by Gasteiger charge is 2.17. The largest absolute Gasteiger partial charge is 0.490 e. The molecule has 0 fully saturated rings. The molecule has 1 heterocycles. The summed E-state index contributed by atoms with van der Waals surface area (Å²) in [5, 5.41) is 26.4. The zero-order chi connectivity index (χ0) is 10.7. The van der Waals surface area contributed by atoms with Gasteiger partial charge in [-0.2, -0.15) is 0 Å². The van der Waals surface area contributed by atoms with E-state index in [9.17, 15) is 4.79 Å². The van der Waals surface area contributed by atoms with Crippen LogP contribution in [0.25, 0.3) is 0 Å². The average Bonchev–Trinajstić information content (AvgIpc) is 2.16. The van der Waals surface area contributed by atoms with Gasteiger partial charge >= 0.3 is 13.1 Å². The van der Waals surface area contributed by atoms with Gasteiger partial charge in [0.15, 0.2) is 0 Å². The molecule has 0 atom stereocenters. The molecule has 0 spiro atoms. The van der Waals surface area contributed by atoms with Crippen molar-refractivity contribution in [3.8, 4) is 0 Å². The van der Waals surface area contributed by atoms with Gasteiger partial charge in [-0.25, -0.2) is 4.79 Å². The number of hydrogen-bond acceptors (Lipinski definition) is 4. The van der Waals surface area contributed by atoms with E-state index in [0.717, 1.165) is 0 Å². The Bertz CT molecular complexity index is 353. The van der Waals surface area contributed by atoms with Crippen LogP contribution in [0.2, 0.25) is 0 Å². The first-order valence-electron chi connectivity index (χ1n) is 4.14. The molecule has 1 rings (SSSR count). The number of aryl methyl sites for hydroxylation is 1. The van der Waals surface area contributed by atoms with Crippen LogP contribution in [0.3, 0.4) is 0 Å². The van der Waals surface area contributed by atoms with Gasteiger partial charge in [-0.15, -0.1) is 0 Å². The van der Waals surface area contributed by atoms with Crippen LogP contribution in [0.1, 0.15) is 23.0 Å². The third-order valence-electron chi connectivity index (χ3n) is 1.85. The third kappa shape index (κ3) is 2.10. The minimum atomic E-state index is -1.69. The zero-order valence-electron chi connectivity index (χ0n) is 7.64. The average molecular weight is 195 g/mol. The van der Waals surface area contributed by atoms with Crippen LogP contribution < -0.4 is 5.46 Å². The second-order valence-electron chi connectivity index (χ2n) is 2.80. The number of aromatic nitrogens is 1. The molecule has 0 aromatic carbocycles. The van der Waals surface area contributed by atoms with Gasteiger partial charge in [0.1, 0.15) is 0 Å². The SMILES string of the molecule is CCc1ncc(B(O)O)cc1C(=O)O. The standard InChI is InChI=1S/C8H10BNO4/c1-2-7-6(8(11)12)3-5(4-10-7)9(13)14/h3-4,13-14H,2H2,1H3,(H,11,12). The molecule has 0 aliphatic heterocycles. The zero-order valence-corrected chi connectivity index (χ0v) is 7.64. The smallest absolute Gasteiger partial charge is 0.478 e. The van der Waals surface area contributed by atoms with Crippen LogP contribution in [0.4, 0.5) is 0 Å². The first kappa shape index (κ1) is 10.7. The molecule has 1 aromatic heterocycles. The minimum Gasteiger partial charge on any atom is -0.478 e. The summed E-state index contributed by atoms with van der Waals surface area (Å²) in [6.07, 6.45) is 1.75. The van der Waals surface area contributed by atoms with E-state index in [4.69, 9.17) is 15.2 Å². The van der Waals surface area contributed by atoms with Crippen LogP contribution in [0.15, 0.2) is 12.3 Å². The van der Waals surface area contributed by atoms with Crippen molar-refractivity contribution < 1.29 is 19.9 Å². The van der Waals surface area contributed by atoms with E-state index in [1.807, 2.05) is 0 Å². The fraction of sp³-hybridized carbons (Fsp3) is 0.250. The summed E-state index contributed by atoms with van der Waals surface area (Å²) in [7, 11) is -1.69. The Kier molecular flexibility index (Phi) is 3.21. The molecule has 0 saturated carbocycles. The Morgan fingerprint density at radius 3 is 2.64 bits per heavy atom. The quantitative estimate of drug-likeness (QED) is 0.539. The monoisotopic (exact) mass is 195 g/mol. The number of carbonyl (C=O) groups is 1. The summed E-state index contributed by atoms with van der Waals surface area (Å²) in [6.45, 7) is 1.78. The Balaban J connectivity index is 3.21. The molecule has 0 amide bonds. The Labute approximate surface area is 81.2 Å². The van der Waals surface area contributed by atoms with Crippen LogP contribution >= 0.6 is 0 Å². The number of carboxylic acid groups (broad SMARTS) is 1. The number of carboxylic acids is 1. The number of pyridine rings is 1. The first-order valence-corrected chi connectivity index (χ1v) is 4.14. The lowest BCUT2D eigenvalue weighted by Gasteiger charge is -2.05. The topological polar surface area (TPSA) is 90.7 Å². The van der Waals surface area contributed by atoms with Gasteiger partial charge in [-0.1, -0.05) is 6.92 Å². The molecule has 14 heavy (non-hydrogen) atoms. The highest BCUT2D eigenvalue weighted by atomic mass is 16.4.